The summed E-state index contributed by atoms with van der Waals surface area (Å²) < 4.78 is 12.2. The minimum Gasteiger partial charge on any atom is -0.504 e. The highest BCUT2D eigenvalue weighted by Crippen LogP contribution is 2.65. The van der Waals surface area contributed by atoms with Crippen LogP contribution >= 0.6 is 0 Å². The van der Waals surface area contributed by atoms with Gasteiger partial charge in [0.15, 0.2) is 11.5 Å². The van der Waals surface area contributed by atoms with Crippen LogP contribution in [0, 0.1) is 11.8 Å². The lowest BCUT2D eigenvalue weighted by atomic mass is 9.51. The van der Waals surface area contributed by atoms with Gasteiger partial charge in [0, 0.05) is 34.7 Å². The number of benzene rings is 1. The molecule has 164 valence electrons. The Morgan fingerprint density at radius 2 is 2.17 bits per heavy atom. The smallest absolute Gasteiger partial charge is 0.320 e. The number of rotatable bonds is 5. The van der Waals surface area contributed by atoms with Gasteiger partial charge in [0.2, 0.25) is 0 Å². The van der Waals surface area contributed by atoms with Crippen LogP contribution in [0.2, 0.25) is 0 Å². The van der Waals surface area contributed by atoms with Crippen molar-refractivity contribution in [1.29, 1.82) is 0 Å². The Hall–Kier alpha value is -1.99. The van der Waals surface area contributed by atoms with Crippen LogP contribution in [0.15, 0.2) is 6.07 Å². The van der Waals surface area contributed by atoms with Gasteiger partial charge in [0.25, 0.3) is 0 Å². The number of aromatic hydroxyl groups is 1. The highest BCUT2D eigenvalue weighted by molar-refractivity contribution is 5.74. The van der Waals surface area contributed by atoms with Crippen molar-refractivity contribution in [3.8, 4) is 17.2 Å². The number of methoxy groups -OCH3 is 1. The summed E-state index contributed by atoms with van der Waals surface area (Å²) in [5.41, 5.74) is 2.07. The molecule has 2 aliphatic heterocycles. The number of hydrogen-bond donors (Lipinski definition) is 3. The molecule has 2 aliphatic carbocycles. The van der Waals surface area contributed by atoms with E-state index in [2.05, 4.69) is 17.3 Å². The van der Waals surface area contributed by atoms with E-state index in [4.69, 9.17) is 9.47 Å². The van der Waals surface area contributed by atoms with Gasteiger partial charge >= 0.3 is 5.97 Å². The van der Waals surface area contributed by atoms with Crippen LogP contribution in [-0.2, 0) is 16.6 Å². The molecule has 2 fully saturated rings. The second kappa shape index (κ2) is 6.76. The van der Waals surface area contributed by atoms with Crippen LogP contribution in [0.5, 0.6) is 17.2 Å². The van der Waals surface area contributed by atoms with E-state index >= 15 is 0 Å². The number of phenolic OH excluding ortho intramolecular Hbond substituents is 1. The van der Waals surface area contributed by atoms with Gasteiger partial charge in [0.05, 0.1) is 7.11 Å². The molecule has 6 atom stereocenters. The number of phenols is 1. The van der Waals surface area contributed by atoms with Gasteiger partial charge in [-0.2, -0.15) is 0 Å². The molecule has 5 rings (SSSR count). The third kappa shape index (κ3) is 2.48. The monoisotopic (exact) mass is 416 g/mol. The minimum atomic E-state index is -0.824. The molecule has 2 heterocycles. The van der Waals surface area contributed by atoms with Crippen molar-refractivity contribution in [2.24, 2.45) is 11.8 Å². The first-order valence-corrected chi connectivity index (χ1v) is 11.1. The maximum Gasteiger partial charge on any atom is 0.320 e. The van der Waals surface area contributed by atoms with Gasteiger partial charge in [-0.25, -0.2) is 0 Å². The molecule has 0 aromatic heterocycles. The van der Waals surface area contributed by atoms with E-state index in [0.717, 1.165) is 49.1 Å². The molecule has 1 aromatic rings. The summed E-state index contributed by atoms with van der Waals surface area (Å²) in [6.07, 6.45) is 3.55. The molecule has 1 aromatic carbocycles. The van der Waals surface area contributed by atoms with Crippen LogP contribution in [-0.4, -0.2) is 66.0 Å². The predicted octanol–water partition coefficient (Wildman–Crippen LogP) is 2.14. The Bertz CT molecular complexity index is 887. The first-order valence-electron chi connectivity index (χ1n) is 11.1. The van der Waals surface area contributed by atoms with Gasteiger partial charge in [-0.15, -0.1) is 0 Å². The molecule has 1 spiro atoms. The number of carboxylic acids is 1. The van der Waals surface area contributed by atoms with Crippen LogP contribution in [0.4, 0.5) is 0 Å². The number of ether oxygens (including phenoxy) is 2. The number of carbonyl (C=O) groups is 1. The summed E-state index contributed by atoms with van der Waals surface area (Å²) in [4.78, 5) is 14.3. The van der Waals surface area contributed by atoms with Gasteiger partial charge in [-0.1, -0.05) is 13.8 Å². The molecule has 0 radical (unpaired) electrons. The largest absolute Gasteiger partial charge is 0.504 e. The highest BCUT2D eigenvalue weighted by atomic mass is 16.5. The Morgan fingerprint density at radius 3 is 2.83 bits per heavy atom. The molecule has 1 saturated carbocycles. The third-order valence-corrected chi connectivity index (χ3v) is 8.23. The normalized spacial score (nSPS) is 35.0. The van der Waals surface area contributed by atoms with Crippen LogP contribution in [0.25, 0.3) is 0 Å². The van der Waals surface area contributed by atoms with E-state index in [1.165, 1.54) is 0 Å². The van der Waals surface area contributed by atoms with Gasteiger partial charge < -0.3 is 24.6 Å². The molecular formula is C23H32N2O5. The molecule has 1 saturated heterocycles. The fourth-order valence-electron chi connectivity index (χ4n) is 6.92. The number of nitrogens with zero attached hydrogens (tertiary/aromatic N) is 1. The van der Waals surface area contributed by atoms with Gasteiger partial charge in [-0.3, -0.25) is 10.1 Å². The van der Waals surface area contributed by atoms with E-state index < -0.39 is 12.0 Å². The zero-order valence-electron chi connectivity index (χ0n) is 18.1. The lowest BCUT2D eigenvalue weighted by molar-refractivity contribution is -0.141. The predicted molar refractivity (Wildman–Crippen MR) is 111 cm³/mol. The van der Waals surface area contributed by atoms with Crippen molar-refractivity contribution >= 4 is 5.97 Å². The van der Waals surface area contributed by atoms with Crippen molar-refractivity contribution in [3.05, 3.63) is 17.2 Å². The maximum absolute atomic E-state index is 11.9. The topological polar surface area (TPSA) is 91.3 Å². The molecule has 0 unspecified atom stereocenters. The molecule has 4 aliphatic rings. The number of hydrogen-bond acceptors (Lipinski definition) is 6. The summed E-state index contributed by atoms with van der Waals surface area (Å²) in [6, 6.07) is 1.39. The summed E-state index contributed by atoms with van der Waals surface area (Å²) in [6.45, 7) is 4.83. The maximum atomic E-state index is 11.9. The Labute approximate surface area is 177 Å². The summed E-state index contributed by atoms with van der Waals surface area (Å²) >= 11 is 0. The Morgan fingerprint density at radius 1 is 1.40 bits per heavy atom. The SMILES string of the molecule is COc1cc(O)c2c3c1C[C@@H]1[C@@H]4CC[C@@H](N[C@H](C(=O)O)C(C)C)[C@H](O2)[C@]34CCN1C. The van der Waals surface area contributed by atoms with Crippen molar-refractivity contribution in [2.75, 3.05) is 20.7 Å². The molecular weight excluding hydrogens is 384 g/mol. The molecule has 7 heteroatoms. The van der Waals surface area contributed by atoms with Crippen molar-refractivity contribution in [3.63, 3.8) is 0 Å². The van der Waals surface area contributed by atoms with Crippen molar-refractivity contribution in [2.45, 2.75) is 69.2 Å². The highest BCUT2D eigenvalue weighted by Gasteiger charge is 2.66. The number of piperidine rings is 1. The summed E-state index contributed by atoms with van der Waals surface area (Å²) in [7, 11) is 3.85. The first kappa shape index (κ1) is 19.9. The minimum absolute atomic E-state index is 0.0258. The third-order valence-electron chi connectivity index (χ3n) is 8.23. The first-order chi connectivity index (χ1) is 14.3. The van der Waals surface area contributed by atoms with E-state index in [-0.39, 0.29) is 29.2 Å². The van der Waals surface area contributed by atoms with E-state index in [9.17, 15) is 15.0 Å². The average molecular weight is 417 g/mol. The van der Waals surface area contributed by atoms with Gasteiger partial charge in [0.1, 0.15) is 17.9 Å². The number of likely N-dealkylation sites (N-methyl/N-ethyl adjacent to an activating group) is 1. The molecule has 7 nitrogen and oxygen atoms in total. The molecule has 0 amide bonds. The summed E-state index contributed by atoms with van der Waals surface area (Å²) in [5, 5.41) is 24.0. The zero-order valence-corrected chi connectivity index (χ0v) is 18.1. The fraction of sp³-hybridized carbons (Fsp3) is 0.696. The number of nitrogens with one attached hydrogen (secondary N) is 1. The number of carboxylic acid groups (broad SMARTS) is 1. The van der Waals surface area contributed by atoms with Crippen molar-refractivity contribution < 1.29 is 24.5 Å². The number of likely N-dealkylation sites (tertiary alicyclic amines) is 1. The lowest BCUT2D eigenvalue weighted by Crippen LogP contribution is -2.69. The van der Waals surface area contributed by atoms with Gasteiger partial charge in [-0.05, 0) is 51.1 Å². The molecule has 3 N–H and O–H groups in total. The van der Waals surface area contributed by atoms with Crippen LogP contribution in [0.3, 0.4) is 0 Å². The fourth-order valence-corrected chi connectivity index (χ4v) is 6.92. The summed E-state index contributed by atoms with van der Waals surface area (Å²) in [5.74, 6) is 1.03. The Balaban J connectivity index is 1.64. The van der Waals surface area contributed by atoms with E-state index in [0.29, 0.717) is 17.7 Å². The molecule has 30 heavy (non-hydrogen) atoms. The Kier molecular flexibility index (Phi) is 4.49. The second-order valence-corrected chi connectivity index (χ2v) is 9.88. The average Bonchev–Trinajstić information content (AvgIpc) is 3.05. The quantitative estimate of drug-likeness (QED) is 0.677. The van der Waals surface area contributed by atoms with E-state index in [1.54, 1.807) is 13.2 Å². The van der Waals surface area contributed by atoms with Crippen LogP contribution in [0.1, 0.15) is 44.2 Å². The zero-order chi connectivity index (χ0) is 21.4. The van der Waals surface area contributed by atoms with Crippen LogP contribution < -0.4 is 14.8 Å². The lowest BCUT2D eigenvalue weighted by Gasteiger charge is -2.59. The van der Waals surface area contributed by atoms with E-state index in [1.807, 2.05) is 13.8 Å². The molecule has 2 bridgehead atoms. The number of aliphatic carboxylic acids is 1. The second-order valence-electron chi connectivity index (χ2n) is 9.88. The van der Waals surface area contributed by atoms with Crippen molar-refractivity contribution in [1.82, 2.24) is 10.2 Å². The standard InChI is InChI=1S/C23H32N2O5/c1-11(2)19(22(27)28)24-14-6-5-13-15-9-12-17(29-4)10-16(26)20-18(12)23(13,21(14)30-20)7-8-25(15)3/h10-11,13-15,19,21,24,26H,5-9H2,1-4H3,(H,27,28)/t13-,14+,15+,19-,21-,23-/m0/s1.